The number of rotatable bonds is 9. The molecule has 1 amide bonds. The van der Waals surface area contributed by atoms with Crippen molar-refractivity contribution in [3.8, 4) is 11.5 Å². The summed E-state index contributed by atoms with van der Waals surface area (Å²) in [5.74, 6) is -3.61. The number of carbonyl (C=O) groups is 4. The van der Waals surface area contributed by atoms with Gasteiger partial charge in [0.05, 0.1) is 18.9 Å². The van der Waals surface area contributed by atoms with Crippen LogP contribution in [0.25, 0.3) is 0 Å². The minimum Gasteiger partial charge on any atom is -0.493 e. The average Bonchev–Trinajstić information content (AvgIpc) is 2.94. The van der Waals surface area contributed by atoms with Crippen LogP contribution < -0.4 is 14.8 Å². The number of esters is 3. The lowest BCUT2D eigenvalue weighted by Crippen LogP contribution is -2.46. The number of methoxy groups -OCH3 is 1. The zero-order valence-electron chi connectivity index (χ0n) is 21.7. The van der Waals surface area contributed by atoms with Crippen LogP contribution in [-0.4, -0.2) is 61.5 Å². The number of amides is 1. The highest BCUT2D eigenvalue weighted by molar-refractivity contribution is 5.98. The summed E-state index contributed by atoms with van der Waals surface area (Å²) in [4.78, 5) is 54.5. The van der Waals surface area contributed by atoms with Crippen molar-refractivity contribution >= 4 is 23.8 Å². The zero-order chi connectivity index (χ0) is 27.7. The molecule has 203 valence electrons. The smallest absolute Gasteiger partial charge is 0.332 e. The first kappa shape index (κ1) is 28.4. The van der Waals surface area contributed by atoms with E-state index in [1.165, 1.54) is 19.4 Å². The number of pyridine rings is 1. The van der Waals surface area contributed by atoms with Gasteiger partial charge in [0.25, 0.3) is 5.91 Å². The van der Waals surface area contributed by atoms with Crippen LogP contribution >= 0.6 is 0 Å². The number of ether oxygens (including phenoxy) is 5. The highest BCUT2D eigenvalue weighted by Crippen LogP contribution is 2.30. The lowest BCUT2D eigenvalue weighted by atomic mass is 9.94. The van der Waals surface area contributed by atoms with Crippen molar-refractivity contribution in [2.75, 3.05) is 20.5 Å². The van der Waals surface area contributed by atoms with Gasteiger partial charge in [-0.3, -0.25) is 14.4 Å². The molecule has 0 aliphatic carbocycles. The Balaban J connectivity index is 1.73. The molecule has 1 aromatic carbocycles. The molecule has 0 saturated carbocycles. The number of nitrogens with one attached hydrogen (secondary N) is 1. The fourth-order valence-electron chi connectivity index (χ4n) is 3.60. The molecule has 0 spiro atoms. The summed E-state index contributed by atoms with van der Waals surface area (Å²) in [6.45, 7) is 4.02. The Hall–Kier alpha value is -4.15. The third-order valence-corrected chi connectivity index (χ3v) is 5.57. The van der Waals surface area contributed by atoms with Crippen LogP contribution in [-0.2, 0) is 35.0 Å². The summed E-state index contributed by atoms with van der Waals surface area (Å²) in [5, 5.41) is 2.48. The van der Waals surface area contributed by atoms with E-state index >= 15 is 0 Å². The topological polar surface area (TPSA) is 139 Å². The molecule has 1 radical (unpaired) electrons. The normalized spacial score (nSPS) is 19.8. The van der Waals surface area contributed by atoms with E-state index in [1.807, 2.05) is 30.3 Å². The van der Waals surface area contributed by atoms with E-state index in [-0.39, 0.29) is 23.1 Å². The lowest BCUT2D eigenvalue weighted by Gasteiger charge is -2.19. The van der Waals surface area contributed by atoms with E-state index in [1.54, 1.807) is 27.2 Å². The van der Waals surface area contributed by atoms with Gasteiger partial charge in [0.2, 0.25) is 6.79 Å². The number of hydrogen-bond donors (Lipinski definition) is 1. The standard InChI is InChI=1S/C27H31N2O9/c1-16(2)25(31)37-15-36-23-21(34-4)10-11-28-22(23)24(30)29-20-14-35-26(32)19(12-17(3)38-27(20)33)13-18-8-6-5-7-9-18/h5-12,16-17,19-20H,13-15H2,1-4H3,(H,29,30)/t17-,19+,20-/m0/s1. The van der Waals surface area contributed by atoms with E-state index in [4.69, 9.17) is 23.7 Å². The molecule has 2 heterocycles. The van der Waals surface area contributed by atoms with Crippen LogP contribution in [0, 0.1) is 18.3 Å². The van der Waals surface area contributed by atoms with Gasteiger partial charge in [-0.1, -0.05) is 44.2 Å². The SMILES string of the molecule is COc1ccnc(C(=O)N[C@H]2COC(=O)[C@@H](Cc3ccccc3)[CH][C@H](C)OC2=O)c1OCOC(=O)C(C)C. The molecule has 1 saturated heterocycles. The predicted molar refractivity (Wildman–Crippen MR) is 133 cm³/mol. The van der Waals surface area contributed by atoms with E-state index in [0.717, 1.165) is 5.56 Å². The highest BCUT2D eigenvalue weighted by Gasteiger charge is 2.34. The van der Waals surface area contributed by atoms with Gasteiger partial charge in [0.15, 0.2) is 23.2 Å². The molecule has 1 fully saturated rings. The first-order valence-electron chi connectivity index (χ1n) is 12.1. The minimum absolute atomic E-state index is 0.0953. The van der Waals surface area contributed by atoms with Gasteiger partial charge in [-0.25, -0.2) is 9.78 Å². The molecule has 3 atom stereocenters. The summed E-state index contributed by atoms with van der Waals surface area (Å²) >= 11 is 0. The second-order valence-corrected chi connectivity index (χ2v) is 8.86. The second kappa shape index (κ2) is 13.4. The first-order chi connectivity index (χ1) is 18.2. The Labute approximate surface area is 220 Å². The van der Waals surface area contributed by atoms with Crippen molar-refractivity contribution in [3.05, 3.63) is 60.3 Å². The third-order valence-electron chi connectivity index (χ3n) is 5.57. The number of hydrogen-bond acceptors (Lipinski definition) is 10. The summed E-state index contributed by atoms with van der Waals surface area (Å²) in [7, 11) is 1.36. The molecule has 38 heavy (non-hydrogen) atoms. The van der Waals surface area contributed by atoms with Crippen molar-refractivity contribution in [2.24, 2.45) is 11.8 Å². The maximum absolute atomic E-state index is 13.1. The number of benzene rings is 1. The fourth-order valence-corrected chi connectivity index (χ4v) is 3.60. The molecular formula is C27H31N2O9. The van der Waals surface area contributed by atoms with Crippen LogP contribution in [0.15, 0.2) is 42.6 Å². The highest BCUT2D eigenvalue weighted by atomic mass is 16.7. The molecule has 1 aliphatic rings. The Morgan fingerprint density at radius 1 is 1.13 bits per heavy atom. The second-order valence-electron chi connectivity index (χ2n) is 8.86. The summed E-state index contributed by atoms with van der Waals surface area (Å²) < 4.78 is 26.6. The maximum atomic E-state index is 13.1. The largest absolute Gasteiger partial charge is 0.493 e. The minimum atomic E-state index is -1.31. The number of cyclic esters (lactones) is 2. The molecule has 1 N–H and O–H groups in total. The molecule has 11 nitrogen and oxygen atoms in total. The number of carbonyl (C=O) groups excluding carboxylic acids is 4. The molecule has 2 aromatic rings. The van der Waals surface area contributed by atoms with Crippen LogP contribution in [0.3, 0.4) is 0 Å². The number of aromatic nitrogens is 1. The van der Waals surface area contributed by atoms with Gasteiger partial charge in [-0.05, 0) is 18.9 Å². The summed E-state index contributed by atoms with van der Waals surface area (Å²) in [6.07, 6.45) is 2.57. The predicted octanol–water partition coefficient (Wildman–Crippen LogP) is 2.28. The molecule has 1 aliphatic heterocycles. The van der Waals surface area contributed by atoms with Gasteiger partial charge in [-0.15, -0.1) is 0 Å². The molecule has 0 bridgehead atoms. The average molecular weight is 528 g/mol. The lowest BCUT2D eigenvalue weighted by molar-refractivity contribution is -0.154. The molecule has 0 unspecified atom stereocenters. The van der Waals surface area contributed by atoms with E-state index in [2.05, 4.69) is 10.3 Å². The van der Waals surface area contributed by atoms with Gasteiger partial charge in [0, 0.05) is 18.7 Å². The van der Waals surface area contributed by atoms with Gasteiger partial charge >= 0.3 is 17.9 Å². The Morgan fingerprint density at radius 3 is 2.55 bits per heavy atom. The Bertz CT molecular complexity index is 1140. The summed E-state index contributed by atoms with van der Waals surface area (Å²) in [6, 6.07) is 9.52. The van der Waals surface area contributed by atoms with Crippen LogP contribution in [0.5, 0.6) is 11.5 Å². The summed E-state index contributed by atoms with van der Waals surface area (Å²) in [5.41, 5.74) is 0.689. The quantitative estimate of drug-likeness (QED) is 0.293. The van der Waals surface area contributed by atoms with Crippen molar-refractivity contribution in [3.63, 3.8) is 0 Å². The Morgan fingerprint density at radius 2 is 1.87 bits per heavy atom. The first-order valence-corrected chi connectivity index (χ1v) is 12.1. The van der Waals surface area contributed by atoms with E-state index < -0.39 is 55.3 Å². The third kappa shape index (κ3) is 7.67. The maximum Gasteiger partial charge on any atom is 0.332 e. The van der Waals surface area contributed by atoms with Crippen LogP contribution in [0.1, 0.15) is 36.8 Å². The molecular weight excluding hydrogens is 496 g/mol. The zero-order valence-corrected chi connectivity index (χ0v) is 21.7. The van der Waals surface area contributed by atoms with Crippen molar-refractivity contribution < 1.29 is 42.9 Å². The van der Waals surface area contributed by atoms with Crippen molar-refractivity contribution in [2.45, 2.75) is 39.3 Å². The van der Waals surface area contributed by atoms with E-state index in [9.17, 15) is 19.2 Å². The molecule has 3 rings (SSSR count). The molecule has 1 aromatic heterocycles. The van der Waals surface area contributed by atoms with Crippen LogP contribution in [0.4, 0.5) is 0 Å². The van der Waals surface area contributed by atoms with Crippen LogP contribution in [0.2, 0.25) is 0 Å². The van der Waals surface area contributed by atoms with Crippen molar-refractivity contribution in [1.29, 1.82) is 0 Å². The van der Waals surface area contributed by atoms with Gasteiger partial charge < -0.3 is 29.0 Å². The fraction of sp³-hybridized carbons (Fsp3) is 0.407. The van der Waals surface area contributed by atoms with Gasteiger partial charge in [-0.2, -0.15) is 0 Å². The van der Waals surface area contributed by atoms with E-state index in [0.29, 0.717) is 6.42 Å². The Kier molecular flexibility index (Phi) is 10.0. The molecule has 11 heteroatoms. The monoisotopic (exact) mass is 527 g/mol. The number of nitrogens with zero attached hydrogens (tertiary/aromatic N) is 1. The van der Waals surface area contributed by atoms with Gasteiger partial charge in [0.1, 0.15) is 12.7 Å². The van der Waals surface area contributed by atoms with Crippen molar-refractivity contribution in [1.82, 2.24) is 10.3 Å².